The summed E-state index contributed by atoms with van der Waals surface area (Å²) in [6.45, 7) is 9.00. The number of benzene rings is 1. The molecule has 5 heteroatoms. The Bertz CT molecular complexity index is 638. The smallest absolute Gasteiger partial charge is 0.141 e. The topological polar surface area (TPSA) is 52.7 Å². The number of hydrogen-bond acceptors (Lipinski definition) is 5. The van der Waals surface area contributed by atoms with E-state index in [0.717, 1.165) is 60.9 Å². The first-order valence-corrected chi connectivity index (χ1v) is 7.70. The lowest BCUT2D eigenvalue weighted by Crippen LogP contribution is -2.43. The number of phenols is 1. The Hall–Kier alpha value is -1.85. The molecule has 0 amide bonds. The molecule has 2 aromatic rings. The number of aromatic nitrogens is 1. The number of nitrogens with zero attached hydrogens (tertiary/aromatic N) is 3. The number of aromatic hydroxyl groups is 1. The number of aryl methyl sites for hydroxylation is 2. The monoisotopic (exact) mass is 301 g/mol. The van der Waals surface area contributed by atoms with Gasteiger partial charge in [-0.2, -0.15) is 0 Å². The van der Waals surface area contributed by atoms with Crippen LogP contribution in [-0.2, 0) is 6.54 Å². The highest BCUT2D eigenvalue weighted by Crippen LogP contribution is 2.31. The Morgan fingerprint density at radius 1 is 1.14 bits per heavy atom. The Balaban J connectivity index is 1.84. The average Bonchev–Trinajstić information content (AvgIpc) is 2.80. The maximum atomic E-state index is 10.1. The third-order valence-corrected chi connectivity index (χ3v) is 4.30. The lowest BCUT2D eigenvalue weighted by atomic mass is 10.0. The Kier molecular flexibility index (Phi) is 4.18. The van der Waals surface area contributed by atoms with Crippen molar-refractivity contribution in [2.24, 2.45) is 0 Å². The molecule has 1 aromatic carbocycles. The van der Waals surface area contributed by atoms with Gasteiger partial charge in [0.25, 0.3) is 0 Å². The van der Waals surface area contributed by atoms with E-state index in [2.05, 4.69) is 28.1 Å². The second-order valence-corrected chi connectivity index (χ2v) is 6.17. The summed E-state index contributed by atoms with van der Waals surface area (Å²) in [6.07, 6.45) is 0. The van der Waals surface area contributed by atoms with Crippen LogP contribution in [0.15, 0.2) is 22.7 Å². The van der Waals surface area contributed by atoms with Gasteiger partial charge in [0.05, 0.1) is 5.69 Å². The molecule has 22 heavy (non-hydrogen) atoms. The van der Waals surface area contributed by atoms with Crippen molar-refractivity contribution < 1.29 is 9.63 Å². The zero-order valence-corrected chi connectivity index (χ0v) is 13.5. The summed E-state index contributed by atoms with van der Waals surface area (Å²) in [7, 11) is 2.15. The third kappa shape index (κ3) is 3.15. The van der Waals surface area contributed by atoms with Crippen LogP contribution in [0.1, 0.15) is 17.0 Å². The van der Waals surface area contributed by atoms with Crippen molar-refractivity contribution in [1.82, 2.24) is 15.0 Å². The van der Waals surface area contributed by atoms with E-state index in [9.17, 15) is 5.11 Å². The second-order valence-electron chi connectivity index (χ2n) is 6.17. The number of likely N-dealkylation sites (N-methyl/N-ethyl adjacent to an activating group) is 1. The molecule has 0 aliphatic carbocycles. The summed E-state index contributed by atoms with van der Waals surface area (Å²) in [5.41, 5.74) is 3.93. The van der Waals surface area contributed by atoms with Crippen LogP contribution in [0.2, 0.25) is 0 Å². The lowest BCUT2D eigenvalue weighted by molar-refractivity contribution is 0.148. The molecule has 3 rings (SSSR count). The van der Waals surface area contributed by atoms with Crippen LogP contribution in [-0.4, -0.2) is 53.3 Å². The number of hydrogen-bond donors (Lipinski definition) is 1. The van der Waals surface area contributed by atoms with Gasteiger partial charge in [0, 0.05) is 38.3 Å². The highest BCUT2D eigenvalue weighted by atomic mass is 16.5. The van der Waals surface area contributed by atoms with Crippen LogP contribution in [0.5, 0.6) is 5.75 Å². The molecular formula is C17H23N3O2. The van der Waals surface area contributed by atoms with Crippen LogP contribution in [0, 0.1) is 13.8 Å². The van der Waals surface area contributed by atoms with E-state index >= 15 is 0 Å². The van der Waals surface area contributed by atoms with Gasteiger partial charge < -0.3 is 14.5 Å². The summed E-state index contributed by atoms with van der Waals surface area (Å²) in [6, 6.07) is 5.75. The summed E-state index contributed by atoms with van der Waals surface area (Å²) < 4.78 is 5.24. The van der Waals surface area contributed by atoms with Crippen molar-refractivity contribution in [2.75, 3.05) is 33.2 Å². The minimum absolute atomic E-state index is 0.293. The van der Waals surface area contributed by atoms with E-state index in [1.54, 1.807) is 6.07 Å². The molecule has 118 valence electrons. The fraction of sp³-hybridized carbons (Fsp3) is 0.471. The van der Waals surface area contributed by atoms with E-state index in [1.165, 1.54) is 0 Å². The van der Waals surface area contributed by atoms with Gasteiger partial charge in [0.2, 0.25) is 0 Å². The molecule has 0 atom stereocenters. The molecule has 1 aliphatic heterocycles. The first-order chi connectivity index (χ1) is 10.5. The second kappa shape index (κ2) is 6.10. The zero-order valence-electron chi connectivity index (χ0n) is 13.5. The molecule has 5 nitrogen and oxygen atoms in total. The molecule has 0 spiro atoms. The van der Waals surface area contributed by atoms with Gasteiger partial charge in [-0.3, -0.25) is 4.90 Å². The summed E-state index contributed by atoms with van der Waals surface area (Å²) in [4.78, 5) is 4.76. The summed E-state index contributed by atoms with van der Waals surface area (Å²) >= 11 is 0. The van der Waals surface area contributed by atoms with Crippen LogP contribution in [0.25, 0.3) is 11.1 Å². The molecule has 1 saturated heterocycles. The number of rotatable bonds is 3. The Morgan fingerprint density at radius 3 is 2.50 bits per heavy atom. The van der Waals surface area contributed by atoms with E-state index in [0.29, 0.717) is 5.75 Å². The fourth-order valence-electron chi connectivity index (χ4n) is 3.07. The van der Waals surface area contributed by atoms with Gasteiger partial charge in [-0.25, -0.2) is 0 Å². The maximum absolute atomic E-state index is 10.1. The fourth-order valence-corrected chi connectivity index (χ4v) is 3.07. The predicted octanol–water partition coefficient (Wildman–Crippen LogP) is 2.41. The van der Waals surface area contributed by atoms with E-state index < -0.39 is 0 Å². The van der Waals surface area contributed by atoms with Gasteiger partial charge in [0.15, 0.2) is 0 Å². The predicted molar refractivity (Wildman–Crippen MR) is 85.9 cm³/mol. The Morgan fingerprint density at radius 2 is 1.86 bits per heavy atom. The van der Waals surface area contributed by atoms with Crippen LogP contribution < -0.4 is 0 Å². The molecule has 2 heterocycles. The minimum Gasteiger partial charge on any atom is -0.508 e. The zero-order chi connectivity index (χ0) is 15.7. The van der Waals surface area contributed by atoms with Gasteiger partial charge in [-0.1, -0.05) is 5.16 Å². The molecule has 0 saturated carbocycles. The van der Waals surface area contributed by atoms with Crippen molar-refractivity contribution in [3.8, 4) is 16.9 Å². The van der Waals surface area contributed by atoms with Gasteiger partial charge in [-0.05, 0) is 50.2 Å². The van der Waals surface area contributed by atoms with Crippen LogP contribution in [0.3, 0.4) is 0 Å². The summed E-state index contributed by atoms with van der Waals surface area (Å²) in [5, 5.41) is 14.1. The lowest BCUT2D eigenvalue weighted by Gasteiger charge is -2.32. The molecule has 0 unspecified atom stereocenters. The number of piperazine rings is 1. The largest absolute Gasteiger partial charge is 0.508 e. The van der Waals surface area contributed by atoms with E-state index in [1.807, 2.05) is 19.9 Å². The molecule has 1 aliphatic rings. The molecule has 1 aromatic heterocycles. The SMILES string of the molecule is Cc1noc(C)c1-c1cc(O)cc(CN2CCN(C)CC2)c1. The highest BCUT2D eigenvalue weighted by Gasteiger charge is 2.16. The third-order valence-electron chi connectivity index (χ3n) is 4.30. The van der Waals surface area contributed by atoms with Crippen molar-refractivity contribution in [2.45, 2.75) is 20.4 Å². The van der Waals surface area contributed by atoms with Gasteiger partial charge in [0.1, 0.15) is 11.5 Å². The minimum atomic E-state index is 0.293. The van der Waals surface area contributed by atoms with E-state index in [-0.39, 0.29) is 0 Å². The summed E-state index contributed by atoms with van der Waals surface area (Å²) in [5.74, 6) is 1.08. The Labute approximate surface area is 131 Å². The molecule has 1 fully saturated rings. The first kappa shape index (κ1) is 15.1. The van der Waals surface area contributed by atoms with Crippen molar-refractivity contribution in [1.29, 1.82) is 0 Å². The molecule has 0 radical (unpaired) electrons. The average molecular weight is 301 g/mol. The van der Waals surface area contributed by atoms with Crippen LogP contribution in [0.4, 0.5) is 0 Å². The van der Waals surface area contributed by atoms with Gasteiger partial charge >= 0.3 is 0 Å². The standard InChI is InChI=1S/C17H23N3O2/c1-12-17(13(2)22-18-12)15-8-14(9-16(21)10-15)11-20-6-4-19(3)5-7-20/h8-10,21H,4-7,11H2,1-3H3. The van der Waals surface area contributed by atoms with Crippen molar-refractivity contribution in [3.63, 3.8) is 0 Å². The quantitative estimate of drug-likeness (QED) is 0.943. The van der Waals surface area contributed by atoms with Crippen molar-refractivity contribution >= 4 is 0 Å². The molecule has 1 N–H and O–H groups in total. The van der Waals surface area contributed by atoms with Crippen LogP contribution >= 0.6 is 0 Å². The molecule has 0 bridgehead atoms. The molecular weight excluding hydrogens is 278 g/mol. The number of phenolic OH excluding ortho intramolecular Hbond substituents is 1. The van der Waals surface area contributed by atoms with E-state index in [4.69, 9.17) is 4.52 Å². The maximum Gasteiger partial charge on any atom is 0.141 e. The normalized spacial score (nSPS) is 17.0. The van der Waals surface area contributed by atoms with Crippen molar-refractivity contribution in [3.05, 3.63) is 35.2 Å². The first-order valence-electron chi connectivity index (χ1n) is 7.70. The van der Waals surface area contributed by atoms with Gasteiger partial charge in [-0.15, -0.1) is 0 Å². The highest BCUT2D eigenvalue weighted by molar-refractivity contribution is 5.69.